The van der Waals surface area contributed by atoms with E-state index in [1.807, 2.05) is 6.92 Å². The third-order valence-corrected chi connectivity index (χ3v) is 2.12. The Morgan fingerprint density at radius 3 is 2.79 bits per heavy atom. The van der Waals surface area contributed by atoms with Gasteiger partial charge >= 0.3 is 0 Å². The minimum atomic E-state index is 0.460. The monoisotopic (exact) mass is 211 g/mol. The average Bonchev–Trinajstić information content (AvgIpc) is 2.67. The Hall–Kier alpha value is -1.50. The molecule has 2 heterocycles. The molecule has 0 aliphatic heterocycles. The molecule has 0 aliphatic rings. The van der Waals surface area contributed by atoms with Gasteiger partial charge in [0.1, 0.15) is 12.4 Å². The van der Waals surface area contributed by atoms with Crippen molar-refractivity contribution in [3.05, 3.63) is 22.3 Å². The van der Waals surface area contributed by atoms with Gasteiger partial charge in [0.25, 0.3) is 0 Å². The third-order valence-electron chi connectivity index (χ3n) is 1.81. The standard InChI is InChI=1S/C7H9N5OS/c1-4-8-6(13-11-4)3-12-5(2)9-10-7(12)14/h3H2,1-2H3,(H,10,14). The van der Waals surface area contributed by atoms with Gasteiger partial charge in [-0.05, 0) is 26.1 Å². The summed E-state index contributed by atoms with van der Waals surface area (Å²) >= 11 is 5.03. The van der Waals surface area contributed by atoms with Crippen molar-refractivity contribution in [1.29, 1.82) is 0 Å². The fourth-order valence-electron chi connectivity index (χ4n) is 1.12. The van der Waals surface area contributed by atoms with E-state index in [0.717, 1.165) is 5.82 Å². The molecule has 2 aromatic rings. The molecule has 0 radical (unpaired) electrons. The molecule has 0 spiro atoms. The third kappa shape index (κ3) is 1.58. The van der Waals surface area contributed by atoms with Crippen LogP contribution >= 0.6 is 12.2 Å². The molecule has 0 aromatic carbocycles. The van der Waals surface area contributed by atoms with Gasteiger partial charge in [-0.2, -0.15) is 10.1 Å². The van der Waals surface area contributed by atoms with Gasteiger partial charge < -0.3 is 4.52 Å². The largest absolute Gasteiger partial charge is 0.337 e. The molecule has 0 fully saturated rings. The molecule has 0 atom stereocenters. The second kappa shape index (κ2) is 3.33. The predicted molar refractivity (Wildman–Crippen MR) is 50.3 cm³/mol. The molecule has 0 saturated heterocycles. The molecule has 1 N–H and O–H groups in total. The van der Waals surface area contributed by atoms with E-state index in [-0.39, 0.29) is 0 Å². The van der Waals surface area contributed by atoms with Gasteiger partial charge in [0.2, 0.25) is 5.89 Å². The van der Waals surface area contributed by atoms with Crippen molar-refractivity contribution in [1.82, 2.24) is 24.9 Å². The minimum absolute atomic E-state index is 0.460. The van der Waals surface area contributed by atoms with Crippen LogP contribution in [-0.4, -0.2) is 24.9 Å². The first-order chi connectivity index (χ1) is 6.66. The summed E-state index contributed by atoms with van der Waals surface area (Å²) in [5, 5.41) is 10.4. The quantitative estimate of drug-likeness (QED) is 0.750. The number of H-pyrrole nitrogens is 1. The van der Waals surface area contributed by atoms with Gasteiger partial charge in [-0.15, -0.1) is 0 Å². The van der Waals surface area contributed by atoms with Crippen molar-refractivity contribution < 1.29 is 4.52 Å². The number of hydrogen-bond acceptors (Lipinski definition) is 5. The summed E-state index contributed by atoms with van der Waals surface area (Å²) in [6.07, 6.45) is 0. The number of aromatic amines is 1. The molecule has 74 valence electrons. The number of aryl methyl sites for hydroxylation is 2. The molecule has 6 nitrogen and oxygen atoms in total. The molecule has 0 amide bonds. The van der Waals surface area contributed by atoms with Gasteiger partial charge in [0.05, 0.1) is 0 Å². The van der Waals surface area contributed by atoms with Gasteiger partial charge in [-0.25, -0.2) is 0 Å². The number of nitrogens with zero attached hydrogens (tertiary/aromatic N) is 4. The lowest BCUT2D eigenvalue weighted by atomic mass is 10.5. The van der Waals surface area contributed by atoms with Crippen LogP contribution in [0.15, 0.2) is 4.52 Å². The normalized spacial score (nSPS) is 10.7. The van der Waals surface area contributed by atoms with E-state index in [0.29, 0.717) is 23.0 Å². The van der Waals surface area contributed by atoms with Crippen LogP contribution in [0, 0.1) is 18.6 Å². The first kappa shape index (κ1) is 9.07. The predicted octanol–water partition coefficient (Wildman–Crippen LogP) is 0.989. The maximum Gasteiger partial charge on any atom is 0.246 e. The highest BCUT2D eigenvalue weighted by molar-refractivity contribution is 7.71. The molecule has 7 heteroatoms. The van der Waals surface area contributed by atoms with Crippen molar-refractivity contribution in [2.24, 2.45) is 0 Å². The van der Waals surface area contributed by atoms with Crippen molar-refractivity contribution in [3.8, 4) is 0 Å². The number of hydrogen-bond donors (Lipinski definition) is 1. The Kier molecular flexibility index (Phi) is 2.16. The van der Waals surface area contributed by atoms with E-state index in [9.17, 15) is 0 Å². The highest BCUT2D eigenvalue weighted by Crippen LogP contribution is 2.02. The van der Waals surface area contributed by atoms with E-state index in [1.54, 1.807) is 11.5 Å². The molecule has 0 bridgehead atoms. The lowest BCUT2D eigenvalue weighted by molar-refractivity contribution is 0.366. The Labute approximate surface area is 85.0 Å². The van der Waals surface area contributed by atoms with Crippen molar-refractivity contribution >= 4 is 12.2 Å². The van der Waals surface area contributed by atoms with E-state index in [2.05, 4.69) is 20.3 Å². The van der Waals surface area contributed by atoms with Crippen LogP contribution in [0.3, 0.4) is 0 Å². The smallest absolute Gasteiger partial charge is 0.246 e. The van der Waals surface area contributed by atoms with Gasteiger partial charge in [0.15, 0.2) is 10.6 Å². The second-order valence-electron chi connectivity index (χ2n) is 2.90. The van der Waals surface area contributed by atoms with Crippen molar-refractivity contribution in [3.63, 3.8) is 0 Å². The summed E-state index contributed by atoms with van der Waals surface area (Å²) in [6, 6.07) is 0. The molecule has 0 saturated carbocycles. The van der Waals surface area contributed by atoms with E-state index in [4.69, 9.17) is 16.7 Å². The number of nitrogens with one attached hydrogen (secondary N) is 1. The molecule has 0 aliphatic carbocycles. The van der Waals surface area contributed by atoms with Gasteiger partial charge in [0, 0.05) is 0 Å². The summed E-state index contributed by atoms with van der Waals surface area (Å²) in [5.74, 6) is 1.95. The van der Waals surface area contributed by atoms with E-state index < -0.39 is 0 Å². The van der Waals surface area contributed by atoms with Crippen LogP contribution in [0.1, 0.15) is 17.5 Å². The van der Waals surface area contributed by atoms with Crippen LogP contribution in [-0.2, 0) is 6.54 Å². The lowest BCUT2D eigenvalue weighted by Crippen LogP contribution is -2.02. The van der Waals surface area contributed by atoms with E-state index >= 15 is 0 Å². The summed E-state index contributed by atoms with van der Waals surface area (Å²) in [6.45, 7) is 4.09. The molecule has 2 aromatic heterocycles. The van der Waals surface area contributed by atoms with Crippen LogP contribution in [0.25, 0.3) is 0 Å². The van der Waals surface area contributed by atoms with Crippen molar-refractivity contribution in [2.45, 2.75) is 20.4 Å². The Balaban J connectivity index is 2.31. The van der Waals surface area contributed by atoms with Crippen LogP contribution in [0.4, 0.5) is 0 Å². The van der Waals surface area contributed by atoms with Gasteiger partial charge in [-0.3, -0.25) is 9.67 Å². The minimum Gasteiger partial charge on any atom is -0.337 e. The Bertz CT molecular complexity index is 496. The zero-order valence-electron chi connectivity index (χ0n) is 7.81. The molecule has 0 unspecified atom stereocenters. The summed E-state index contributed by atoms with van der Waals surface area (Å²) in [4.78, 5) is 4.08. The van der Waals surface area contributed by atoms with Crippen LogP contribution in [0.5, 0.6) is 0 Å². The average molecular weight is 211 g/mol. The summed E-state index contributed by atoms with van der Waals surface area (Å²) in [5.41, 5.74) is 0. The highest BCUT2D eigenvalue weighted by Gasteiger charge is 2.07. The maximum atomic E-state index is 5.03. The second-order valence-corrected chi connectivity index (χ2v) is 3.28. The topological polar surface area (TPSA) is 72.5 Å². The first-order valence-corrected chi connectivity index (χ1v) is 4.48. The zero-order chi connectivity index (χ0) is 10.1. The fourth-order valence-corrected chi connectivity index (χ4v) is 1.36. The molecule has 2 rings (SSSR count). The Morgan fingerprint density at radius 2 is 2.29 bits per heavy atom. The van der Waals surface area contributed by atoms with Crippen LogP contribution in [0.2, 0.25) is 0 Å². The number of aromatic nitrogens is 5. The van der Waals surface area contributed by atoms with Gasteiger partial charge in [-0.1, -0.05) is 5.16 Å². The fraction of sp³-hybridized carbons (Fsp3) is 0.429. The number of rotatable bonds is 2. The zero-order valence-corrected chi connectivity index (χ0v) is 8.63. The van der Waals surface area contributed by atoms with Crippen molar-refractivity contribution in [2.75, 3.05) is 0 Å². The maximum absolute atomic E-state index is 5.03. The molecule has 14 heavy (non-hydrogen) atoms. The Morgan fingerprint density at radius 1 is 1.50 bits per heavy atom. The molecular formula is C7H9N5OS. The SMILES string of the molecule is Cc1noc(Cn2c(C)n[nH]c2=S)n1. The summed E-state index contributed by atoms with van der Waals surface area (Å²) < 4.78 is 7.33. The lowest BCUT2D eigenvalue weighted by Gasteiger charge is -1.97. The summed E-state index contributed by atoms with van der Waals surface area (Å²) in [7, 11) is 0. The van der Waals surface area contributed by atoms with E-state index in [1.165, 1.54) is 0 Å². The first-order valence-electron chi connectivity index (χ1n) is 4.08. The highest BCUT2D eigenvalue weighted by atomic mass is 32.1. The molecular weight excluding hydrogens is 202 g/mol. The van der Waals surface area contributed by atoms with Crippen LogP contribution < -0.4 is 0 Å².